The lowest BCUT2D eigenvalue weighted by molar-refractivity contribution is 0.401. The summed E-state index contributed by atoms with van der Waals surface area (Å²) in [6.45, 7) is 4.39. The number of nitrogens with zero attached hydrogens (tertiary/aromatic N) is 4. The van der Waals surface area contributed by atoms with Gasteiger partial charge < -0.3 is 9.30 Å². The average Bonchev–Trinajstić information content (AvgIpc) is 2.85. The van der Waals surface area contributed by atoms with Gasteiger partial charge in [0.1, 0.15) is 12.2 Å². The maximum Gasteiger partial charge on any atom is 0.245 e. The highest BCUT2D eigenvalue weighted by Crippen LogP contribution is 2.27. The Morgan fingerprint density at radius 2 is 2.15 bits per heavy atom. The zero-order valence-electron chi connectivity index (χ0n) is 12.3. The number of fused-ring (bicyclic) bond motifs is 1. The van der Waals surface area contributed by atoms with E-state index in [0.717, 1.165) is 17.9 Å². The molecular weight excluding hydrogens is 276 g/mol. The summed E-state index contributed by atoms with van der Waals surface area (Å²) in [5.74, 6) is 1.68. The SMILES string of the molecule is CCCCCC(C)n1c(CCl)nc2c(OC)ncnc21. The van der Waals surface area contributed by atoms with Crippen LogP contribution in [0, 0.1) is 0 Å². The van der Waals surface area contributed by atoms with Gasteiger partial charge in [-0.3, -0.25) is 0 Å². The number of imidazole rings is 1. The first-order valence-corrected chi connectivity index (χ1v) is 7.58. The fourth-order valence-corrected chi connectivity index (χ4v) is 2.65. The first-order valence-electron chi connectivity index (χ1n) is 7.04. The van der Waals surface area contributed by atoms with Crippen LogP contribution in [0.5, 0.6) is 5.88 Å². The summed E-state index contributed by atoms with van der Waals surface area (Å²) in [7, 11) is 1.59. The Kier molecular flexibility index (Phi) is 5.17. The van der Waals surface area contributed by atoms with Crippen LogP contribution in [0.2, 0.25) is 0 Å². The average molecular weight is 297 g/mol. The minimum atomic E-state index is 0.319. The molecule has 0 fully saturated rings. The van der Waals surface area contributed by atoms with Gasteiger partial charge in [-0.15, -0.1) is 11.6 Å². The van der Waals surface area contributed by atoms with E-state index >= 15 is 0 Å². The molecule has 2 aromatic heterocycles. The van der Waals surface area contributed by atoms with Crippen LogP contribution in [0.25, 0.3) is 11.2 Å². The van der Waals surface area contributed by atoms with Gasteiger partial charge in [0.25, 0.3) is 0 Å². The summed E-state index contributed by atoms with van der Waals surface area (Å²) in [5.41, 5.74) is 1.49. The number of methoxy groups -OCH3 is 1. The summed E-state index contributed by atoms with van der Waals surface area (Å²) in [6.07, 6.45) is 6.26. The summed E-state index contributed by atoms with van der Waals surface area (Å²) < 4.78 is 7.36. The molecule has 1 unspecified atom stereocenters. The Morgan fingerprint density at radius 1 is 1.35 bits per heavy atom. The van der Waals surface area contributed by atoms with E-state index in [1.807, 2.05) is 0 Å². The molecule has 6 heteroatoms. The fraction of sp³-hybridized carbons (Fsp3) is 0.643. The number of rotatable bonds is 7. The largest absolute Gasteiger partial charge is 0.479 e. The molecule has 2 rings (SSSR count). The zero-order valence-corrected chi connectivity index (χ0v) is 13.0. The lowest BCUT2D eigenvalue weighted by Gasteiger charge is -2.16. The van der Waals surface area contributed by atoms with Crippen LogP contribution in [0.1, 0.15) is 51.4 Å². The Morgan fingerprint density at radius 3 is 2.80 bits per heavy atom. The predicted octanol–water partition coefficient (Wildman–Crippen LogP) is 3.72. The van der Waals surface area contributed by atoms with Crippen LogP contribution in [-0.2, 0) is 5.88 Å². The lowest BCUT2D eigenvalue weighted by Crippen LogP contribution is -2.09. The van der Waals surface area contributed by atoms with Crippen molar-refractivity contribution in [1.29, 1.82) is 0 Å². The molecule has 0 saturated heterocycles. The Bertz CT molecular complexity index is 570. The molecule has 0 bridgehead atoms. The number of hydrogen-bond acceptors (Lipinski definition) is 4. The van der Waals surface area contributed by atoms with E-state index in [1.54, 1.807) is 7.11 Å². The monoisotopic (exact) mass is 296 g/mol. The Balaban J connectivity index is 2.40. The van der Waals surface area contributed by atoms with E-state index in [0.29, 0.717) is 23.3 Å². The standard InChI is InChI=1S/C14H21ClN4O/c1-4-5-6-7-10(2)19-11(8-15)18-12-13(19)16-9-17-14(12)20-3/h9-10H,4-8H2,1-3H3. The van der Waals surface area contributed by atoms with E-state index in [9.17, 15) is 0 Å². The van der Waals surface area contributed by atoms with Crippen LogP contribution in [0.15, 0.2) is 6.33 Å². The minimum Gasteiger partial charge on any atom is -0.479 e. The van der Waals surface area contributed by atoms with Crippen molar-refractivity contribution in [3.63, 3.8) is 0 Å². The van der Waals surface area contributed by atoms with Crippen molar-refractivity contribution >= 4 is 22.8 Å². The van der Waals surface area contributed by atoms with Gasteiger partial charge in [0.15, 0.2) is 11.2 Å². The Hall–Kier alpha value is -1.36. The number of unbranched alkanes of at least 4 members (excludes halogenated alkanes) is 2. The fourth-order valence-electron chi connectivity index (χ4n) is 2.46. The van der Waals surface area contributed by atoms with Crippen LogP contribution in [0.4, 0.5) is 0 Å². The van der Waals surface area contributed by atoms with E-state index in [2.05, 4.69) is 33.4 Å². The smallest absolute Gasteiger partial charge is 0.245 e. The number of hydrogen-bond donors (Lipinski definition) is 0. The minimum absolute atomic E-state index is 0.319. The number of aromatic nitrogens is 4. The molecule has 0 aliphatic carbocycles. The molecule has 1 atom stereocenters. The molecule has 0 aliphatic heterocycles. The quantitative estimate of drug-likeness (QED) is 0.577. The first-order chi connectivity index (χ1) is 9.72. The zero-order chi connectivity index (χ0) is 14.5. The summed E-state index contributed by atoms with van der Waals surface area (Å²) in [5, 5.41) is 0. The van der Waals surface area contributed by atoms with Gasteiger partial charge in [0.2, 0.25) is 5.88 Å². The number of ether oxygens (including phenoxy) is 1. The van der Waals surface area contributed by atoms with Crippen molar-refractivity contribution in [3.05, 3.63) is 12.2 Å². The summed E-state index contributed by atoms with van der Waals surface area (Å²) >= 11 is 6.03. The molecule has 110 valence electrons. The van der Waals surface area contributed by atoms with Gasteiger partial charge in [0, 0.05) is 6.04 Å². The van der Waals surface area contributed by atoms with Crippen LogP contribution < -0.4 is 4.74 Å². The van der Waals surface area contributed by atoms with Gasteiger partial charge in [-0.2, -0.15) is 4.98 Å². The van der Waals surface area contributed by atoms with Gasteiger partial charge in [-0.1, -0.05) is 26.2 Å². The molecular formula is C14H21ClN4O. The molecule has 0 saturated carbocycles. The second-order valence-corrected chi connectivity index (χ2v) is 5.20. The van der Waals surface area contributed by atoms with Crippen molar-refractivity contribution < 1.29 is 4.74 Å². The first kappa shape index (κ1) is 15.0. The van der Waals surface area contributed by atoms with Crippen molar-refractivity contribution in [2.45, 2.75) is 51.5 Å². The maximum atomic E-state index is 6.03. The maximum absolute atomic E-state index is 6.03. The van der Waals surface area contributed by atoms with E-state index in [1.165, 1.54) is 25.6 Å². The summed E-state index contributed by atoms with van der Waals surface area (Å²) in [4.78, 5) is 13.0. The Labute approximate surface area is 124 Å². The van der Waals surface area contributed by atoms with Crippen molar-refractivity contribution in [3.8, 4) is 5.88 Å². The van der Waals surface area contributed by atoms with Gasteiger partial charge in [0.05, 0.1) is 13.0 Å². The number of alkyl halides is 1. The number of halogens is 1. The van der Waals surface area contributed by atoms with Gasteiger partial charge >= 0.3 is 0 Å². The molecule has 2 heterocycles. The predicted molar refractivity (Wildman–Crippen MR) is 80.3 cm³/mol. The third kappa shape index (κ3) is 2.87. The topological polar surface area (TPSA) is 52.8 Å². The second kappa shape index (κ2) is 6.88. The normalized spacial score (nSPS) is 12.8. The van der Waals surface area contributed by atoms with Crippen molar-refractivity contribution in [2.75, 3.05) is 7.11 Å². The third-order valence-electron chi connectivity index (χ3n) is 3.50. The van der Waals surface area contributed by atoms with E-state index in [4.69, 9.17) is 16.3 Å². The summed E-state index contributed by atoms with van der Waals surface area (Å²) in [6, 6.07) is 0.319. The van der Waals surface area contributed by atoms with E-state index in [-0.39, 0.29) is 0 Å². The van der Waals surface area contributed by atoms with Crippen LogP contribution in [0.3, 0.4) is 0 Å². The molecule has 2 aromatic rings. The van der Waals surface area contributed by atoms with Crippen molar-refractivity contribution in [1.82, 2.24) is 19.5 Å². The third-order valence-corrected chi connectivity index (χ3v) is 3.73. The van der Waals surface area contributed by atoms with Crippen LogP contribution >= 0.6 is 11.6 Å². The molecule has 0 aromatic carbocycles. The van der Waals surface area contributed by atoms with E-state index < -0.39 is 0 Å². The molecule has 0 spiro atoms. The highest BCUT2D eigenvalue weighted by atomic mass is 35.5. The van der Waals surface area contributed by atoms with Crippen LogP contribution in [-0.4, -0.2) is 26.6 Å². The molecule has 5 nitrogen and oxygen atoms in total. The highest BCUT2D eigenvalue weighted by Gasteiger charge is 2.19. The van der Waals surface area contributed by atoms with Gasteiger partial charge in [-0.05, 0) is 13.3 Å². The molecule has 20 heavy (non-hydrogen) atoms. The molecule has 0 radical (unpaired) electrons. The molecule has 0 N–H and O–H groups in total. The molecule has 0 amide bonds. The lowest BCUT2D eigenvalue weighted by atomic mass is 10.1. The van der Waals surface area contributed by atoms with Crippen molar-refractivity contribution in [2.24, 2.45) is 0 Å². The highest BCUT2D eigenvalue weighted by molar-refractivity contribution is 6.16. The van der Waals surface area contributed by atoms with Gasteiger partial charge in [-0.25, -0.2) is 9.97 Å². The second-order valence-electron chi connectivity index (χ2n) is 4.93. The molecule has 0 aliphatic rings.